The Balaban J connectivity index is 1.51. The van der Waals surface area contributed by atoms with Gasteiger partial charge in [-0.15, -0.1) is 0 Å². The SMILES string of the molecule is CC[C@H]1OC(=O)O[C@@]1(C)[C@@H]1OC(=O)[C@H](C)[C@@H](O)[C@H](C)[C@@H](O[C@@H]2OC(C)CC(N3CCOCC3)C2OC(C)=O)C2(C)CC(C)C(O2)[C@@H]1C. The molecule has 5 aliphatic rings. The zero-order valence-corrected chi connectivity index (χ0v) is 29.3. The second-order valence-electron chi connectivity index (χ2n) is 14.9. The Morgan fingerprint density at radius 3 is 2.36 bits per heavy atom. The van der Waals surface area contributed by atoms with Crippen LogP contribution in [0, 0.1) is 23.7 Å². The van der Waals surface area contributed by atoms with Crippen LogP contribution in [0.1, 0.15) is 81.6 Å². The maximum absolute atomic E-state index is 13.8. The van der Waals surface area contributed by atoms with E-state index in [1.807, 2.05) is 34.6 Å². The van der Waals surface area contributed by atoms with Crippen LogP contribution in [0.15, 0.2) is 0 Å². The fraction of sp³-hybridized carbons (Fsp3) is 0.912. The van der Waals surface area contributed by atoms with Gasteiger partial charge in [0.05, 0.1) is 55.2 Å². The lowest BCUT2D eigenvalue weighted by Crippen LogP contribution is -2.62. The summed E-state index contributed by atoms with van der Waals surface area (Å²) in [5.41, 5.74) is -2.20. The highest BCUT2D eigenvalue weighted by Gasteiger charge is 2.61. The fourth-order valence-corrected chi connectivity index (χ4v) is 8.88. The Morgan fingerprint density at radius 1 is 1.04 bits per heavy atom. The molecular weight excluding hydrogens is 614 g/mol. The van der Waals surface area contributed by atoms with Gasteiger partial charge in [-0.25, -0.2) is 4.79 Å². The zero-order valence-electron chi connectivity index (χ0n) is 29.3. The third-order valence-corrected chi connectivity index (χ3v) is 11.2. The molecule has 5 fully saturated rings. The maximum Gasteiger partial charge on any atom is 0.509 e. The van der Waals surface area contributed by atoms with Crippen molar-refractivity contribution in [3.05, 3.63) is 0 Å². The Morgan fingerprint density at radius 2 is 1.72 bits per heavy atom. The summed E-state index contributed by atoms with van der Waals surface area (Å²) in [5.74, 6) is -3.11. The highest BCUT2D eigenvalue weighted by atomic mass is 16.8. The summed E-state index contributed by atoms with van der Waals surface area (Å²) in [5, 5.41) is 11.8. The van der Waals surface area contributed by atoms with Crippen LogP contribution < -0.4 is 0 Å². The molecule has 0 aromatic rings. The number of morpholine rings is 1. The number of ether oxygens (including phenoxy) is 8. The van der Waals surface area contributed by atoms with Crippen LogP contribution >= 0.6 is 0 Å². The molecule has 47 heavy (non-hydrogen) atoms. The second-order valence-corrected chi connectivity index (χ2v) is 14.9. The molecule has 5 heterocycles. The normalized spacial score (nSPS) is 48.2. The standard InChI is InChI=1S/C34H55NO12/c1-10-24-34(9,47-32(39)43-24)29-21(6)26-17(2)16-33(8,46-26)28(19(4)25(37)20(5)30(38)44-29)45-31-27(42-22(7)36)23(15-18(3)41-31)35-11-13-40-14-12-35/h17-21,23-29,31,37H,10-16H2,1-9H3/t17?,18?,19-,20+,21-,23?,24+,25-,26?,27?,28+,29+,31-,33?,34+/m0/s1. The van der Waals surface area contributed by atoms with Crippen molar-refractivity contribution < 1.29 is 57.4 Å². The molecular formula is C34H55NO12. The van der Waals surface area contributed by atoms with Gasteiger partial charge < -0.3 is 43.0 Å². The first-order valence-corrected chi connectivity index (χ1v) is 17.4. The molecule has 0 aliphatic carbocycles. The molecule has 0 aromatic heterocycles. The van der Waals surface area contributed by atoms with Crippen LogP contribution in [-0.4, -0.2) is 121 Å². The van der Waals surface area contributed by atoms with Gasteiger partial charge in [0.25, 0.3) is 0 Å². The van der Waals surface area contributed by atoms with Gasteiger partial charge in [0.15, 0.2) is 18.0 Å². The summed E-state index contributed by atoms with van der Waals surface area (Å²) in [6.45, 7) is 18.9. The lowest BCUT2D eigenvalue weighted by Gasteiger charge is -2.48. The van der Waals surface area contributed by atoms with Crippen molar-refractivity contribution >= 4 is 18.1 Å². The number of aliphatic hydroxyl groups is 1. The van der Waals surface area contributed by atoms with E-state index in [1.54, 1.807) is 13.8 Å². The van der Waals surface area contributed by atoms with E-state index in [0.29, 0.717) is 45.6 Å². The topological polar surface area (TPSA) is 149 Å². The average Bonchev–Trinajstić information content (AvgIpc) is 3.51. The Kier molecular flexibility index (Phi) is 10.9. The van der Waals surface area contributed by atoms with Gasteiger partial charge in [0.2, 0.25) is 0 Å². The van der Waals surface area contributed by atoms with Crippen molar-refractivity contribution in [1.29, 1.82) is 0 Å². The van der Waals surface area contributed by atoms with E-state index < -0.39 is 90.0 Å². The molecule has 15 atom stereocenters. The number of aliphatic hydroxyl groups excluding tert-OH is 1. The predicted octanol–water partition coefficient (Wildman–Crippen LogP) is 3.22. The molecule has 5 saturated heterocycles. The molecule has 1 N–H and O–H groups in total. The quantitative estimate of drug-likeness (QED) is 0.326. The van der Waals surface area contributed by atoms with Gasteiger partial charge in [-0.1, -0.05) is 27.7 Å². The lowest BCUT2D eigenvalue weighted by molar-refractivity contribution is -0.305. The van der Waals surface area contributed by atoms with Gasteiger partial charge in [-0.3, -0.25) is 14.5 Å². The van der Waals surface area contributed by atoms with Gasteiger partial charge in [-0.05, 0) is 52.9 Å². The summed E-state index contributed by atoms with van der Waals surface area (Å²) in [6.07, 6.45) is -4.98. The molecule has 0 radical (unpaired) electrons. The van der Waals surface area contributed by atoms with Crippen molar-refractivity contribution in [3.8, 4) is 0 Å². The van der Waals surface area contributed by atoms with E-state index in [2.05, 4.69) is 11.8 Å². The van der Waals surface area contributed by atoms with Crippen molar-refractivity contribution in [2.24, 2.45) is 23.7 Å². The number of hydrogen-bond acceptors (Lipinski definition) is 13. The van der Waals surface area contributed by atoms with Crippen molar-refractivity contribution in [2.75, 3.05) is 26.3 Å². The molecule has 5 aliphatic heterocycles. The van der Waals surface area contributed by atoms with E-state index in [4.69, 9.17) is 37.9 Å². The van der Waals surface area contributed by atoms with Crippen LogP contribution in [-0.2, 0) is 47.5 Å². The number of rotatable bonds is 6. The number of hydrogen-bond donors (Lipinski definition) is 1. The molecule has 6 unspecified atom stereocenters. The van der Waals surface area contributed by atoms with Gasteiger partial charge >= 0.3 is 18.1 Å². The summed E-state index contributed by atoms with van der Waals surface area (Å²) in [4.78, 5) is 40.9. The lowest BCUT2D eigenvalue weighted by atomic mass is 9.76. The molecule has 0 amide bonds. The monoisotopic (exact) mass is 669 g/mol. The molecule has 2 bridgehead atoms. The number of carbonyl (C=O) groups is 3. The summed E-state index contributed by atoms with van der Waals surface area (Å²) < 4.78 is 49.2. The molecule has 0 spiro atoms. The Hall–Kier alpha value is -2.03. The molecule has 13 nitrogen and oxygen atoms in total. The summed E-state index contributed by atoms with van der Waals surface area (Å²) >= 11 is 0. The highest BCUT2D eigenvalue weighted by molar-refractivity contribution is 5.73. The second kappa shape index (κ2) is 14.1. The van der Waals surface area contributed by atoms with Crippen LogP contribution in [0.2, 0.25) is 0 Å². The van der Waals surface area contributed by atoms with E-state index in [9.17, 15) is 19.5 Å². The van der Waals surface area contributed by atoms with Crippen molar-refractivity contribution in [3.63, 3.8) is 0 Å². The van der Waals surface area contributed by atoms with E-state index >= 15 is 0 Å². The minimum absolute atomic E-state index is 0.0262. The number of cyclic esters (lactones) is 3. The molecule has 0 aromatic carbocycles. The van der Waals surface area contributed by atoms with Crippen molar-refractivity contribution in [1.82, 2.24) is 4.90 Å². The zero-order chi connectivity index (χ0) is 34.4. The van der Waals surface area contributed by atoms with Crippen LogP contribution in [0.25, 0.3) is 0 Å². The maximum atomic E-state index is 13.8. The summed E-state index contributed by atoms with van der Waals surface area (Å²) in [6, 6.07) is -0.165. The van der Waals surface area contributed by atoms with E-state index in [0.717, 1.165) is 0 Å². The smallest absolute Gasteiger partial charge is 0.457 e. The predicted molar refractivity (Wildman–Crippen MR) is 166 cm³/mol. The molecule has 268 valence electrons. The van der Waals surface area contributed by atoms with E-state index in [1.165, 1.54) is 6.92 Å². The summed E-state index contributed by atoms with van der Waals surface area (Å²) in [7, 11) is 0. The first-order chi connectivity index (χ1) is 22.1. The number of fused-ring (bicyclic) bond motifs is 2. The minimum Gasteiger partial charge on any atom is -0.457 e. The van der Waals surface area contributed by atoms with Crippen molar-refractivity contribution in [2.45, 2.75) is 148 Å². The molecule has 5 rings (SSSR count). The van der Waals surface area contributed by atoms with E-state index in [-0.39, 0.29) is 18.1 Å². The number of nitrogens with zero attached hydrogens (tertiary/aromatic N) is 1. The highest BCUT2D eigenvalue weighted by Crippen LogP contribution is 2.49. The Bertz CT molecular complexity index is 1150. The largest absolute Gasteiger partial charge is 0.509 e. The van der Waals surface area contributed by atoms with Crippen LogP contribution in [0.5, 0.6) is 0 Å². The fourth-order valence-electron chi connectivity index (χ4n) is 8.88. The third-order valence-electron chi connectivity index (χ3n) is 11.2. The average molecular weight is 670 g/mol. The van der Waals surface area contributed by atoms with Gasteiger partial charge in [0.1, 0.15) is 12.2 Å². The van der Waals surface area contributed by atoms with Crippen LogP contribution in [0.4, 0.5) is 4.79 Å². The van der Waals surface area contributed by atoms with Gasteiger partial charge in [-0.2, -0.15) is 0 Å². The molecule has 0 saturated carbocycles. The molecule has 13 heteroatoms. The van der Waals surface area contributed by atoms with Crippen LogP contribution in [0.3, 0.4) is 0 Å². The number of esters is 2. The number of carbonyl (C=O) groups excluding carboxylic acids is 3. The minimum atomic E-state index is -1.26. The Labute approximate surface area is 278 Å². The third kappa shape index (κ3) is 7.03. The van der Waals surface area contributed by atoms with Gasteiger partial charge in [0, 0.05) is 31.8 Å². The first-order valence-electron chi connectivity index (χ1n) is 17.4. The first kappa shape index (κ1) is 36.3.